The molecule has 0 aromatic rings. The van der Waals surface area contributed by atoms with E-state index < -0.39 is 0 Å². The van der Waals surface area contributed by atoms with Crippen LogP contribution in [0, 0.1) is 0 Å². The summed E-state index contributed by atoms with van der Waals surface area (Å²) in [5.74, 6) is -0.689. The lowest BCUT2D eigenvalue weighted by Gasteiger charge is -1.97. The Morgan fingerprint density at radius 3 is 1.68 bits per heavy atom. The highest BCUT2D eigenvalue weighted by Gasteiger charge is 1.91. The molecule has 0 radical (unpaired) electrons. The first-order chi connectivity index (χ1) is 9.03. The van der Waals surface area contributed by atoms with Crippen LogP contribution < -0.4 is 0 Å². The zero-order valence-electron chi connectivity index (χ0n) is 12.3. The van der Waals surface area contributed by atoms with Crippen LogP contribution in [0.2, 0.25) is 0 Å². The molecular weight excluding hydrogens is 244 g/mol. The first-order valence-corrected chi connectivity index (χ1v) is 6.19. The molecule has 0 aromatic carbocycles. The third kappa shape index (κ3) is 31.4. The van der Waals surface area contributed by atoms with Gasteiger partial charge >= 0.3 is 11.9 Å². The van der Waals surface area contributed by atoms with Crippen molar-refractivity contribution in [2.45, 2.75) is 33.6 Å². The number of carbonyl (C=O) groups is 2. The molecule has 0 rings (SSSR count). The molecule has 0 spiro atoms. The van der Waals surface area contributed by atoms with Gasteiger partial charge in [0, 0.05) is 12.2 Å². The van der Waals surface area contributed by atoms with Gasteiger partial charge in [-0.15, -0.1) is 6.58 Å². The molecule has 0 atom stereocenters. The van der Waals surface area contributed by atoms with Crippen LogP contribution in [0.25, 0.3) is 0 Å². The molecule has 19 heavy (non-hydrogen) atoms. The SMILES string of the molecule is C=CC.C=CC(=O)OCC.C=CC(=O)OCCCC. The average molecular weight is 270 g/mol. The summed E-state index contributed by atoms with van der Waals surface area (Å²) in [5.41, 5.74) is 0. The highest BCUT2D eigenvalue weighted by Crippen LogP contribution is 1.88. The maximum atomic E-state index is 10.3. The molecule has 110 valence electrons. The van der Waals surface area contributed by atoms with E-state index in [0.717, 1.165) is 18.9 Å². The zero-order valence-corrected chi connectivity index (χ0v) is 12.3. The molecule has 0 unspecified atom stereocenters. The third-order valence-corrected chi connectivity index (χ3v) is 1.36. The van der Waals surface area contributed by atoms with Crippen LogP contribution in [0.1, 0.15) is 33.6 Å². The van der Waals surface area contributed by atoms with E-state index in [1.165, 1.54) is 6.08 Å². The summed E-state index contributed by atoms with van der Waals surface area (Å²) in [6.07, 6.45) is 6.04. The van der Waals surface area contributed by atoms with Crippen LogP contribution in [0.3, 0.4) is 0 Å². The van der Waals surface area contributed by atoms with Crippen LogP contribution in [-0.2, 0) is 19.1 Å². The van der Waals surface area contributed by atoms with Gasteiger partial charge in [0.25, 0.3) is 0 Å². The summed E-state index contributed by atoms with van der Waals surface area (Å²) in [7, 11) is 0. The van der Waals surface area contributed by atoms with Gasteiger partial charge in [-0.25, -0.2) is 9.59 Å². The summed E-state index contributed by atoms with van der Waals surface area (Å²) in [4.78, 5) is 20.4. The van der Waals surface area contributed by atoms with E-state index in [-0.39, 0.29) is 11.9 Å². The van der Waals surface area contributed by atoms with Gasteiger partial charge in [-0.2, -0.15) is 0 Å². The molecule has 0 aliphatic carbocycles. The molecule has 0 aromatic heterocycles. The maximum Gasteiger partial charge on any atom is 0.330 e. The fourth-order valence-corrected chi connectivity index (χ4v) is 0.577. The maximum absolute atomic E-state index is 10.3. The normalized spacial score (nSPS) is 7.53. The quantitative estimate of drug-likeness (QED) is 0.321. The number of hydrogen-bond acceptors (Lipinski definition) is 4. The van der Waals surface area contributed by atoms with Gasteiger partial charge in [-0.1, -0.05) is 32.6 Å². The van der Waals surface area contributed by atoms with E-state index in [0.29, 0.717) is 13.2 Å². The molecule has 0 saturated carbocycles. The van der Waals surface area contributed by atoms with Crippen molar-refractivity contribution in [1.29, 1.82) is 0 Å². The minimum atomic E-state index is -0.359. The van der Waals surface area contributed by atoms with Gasteiger partial charge in [-0.3, -0.25) is 0 Å². The number of esters is 2. The Morgan fingerprint density at radius 1 is 1.00 bits per heavy atom. The number of ether oxygens (including phenoxy) is 2. The summed E-state index contributed by atoms with van der Waals surface area (Å²) in [5, 5.41) is 0. The second-order valence-corrected chi connectivity index (χ2v) is 3.09. The Bertz CT molecular complexity index is 257. The first kappa shape index (κ1) is 22.3. The van der Waals surface area contributed by atoms with Gasteiger partial charge in [0.2, 0.25) is 0 Å². The molecule has 0 N–H and O–H groups in total. The lowest BCUT2D eigenvalue weighted by atomic mass is 10.4. The Kier molecular flexibility index (Phi) is 25.2. The van der Waals surface area contributed by atoms with Gasteiger partial charge < -0.3 is 9.47 Å². The molecule has 0 bridgehead atoms. The van der Waals surface area contributed by atoms with E-state index in [4.69, 9.17) is 0 Å². The minimum Gasteiger partial charge on any atom is -0.463 e. The molecular formula is C15H26O4. The van der Waals surface area contributed by atoms with E-state index in [1.54, 1.807) is 13.0 Å². The molecule has 0 heterocycles. The highest BCUT2D eigenvalue weighted by atomic mass is 16.5. The van der Waals surface area contributed by atoms with Crippen molar-refractivity contribution in [2.24, 2.45) is 0 Å². The van der Waals surface area contributed by atoms with Crippen LogP contribution in [0.4, 0.5) is 0 Å². The zero-order chi connectivity index (χ0) is 15.5. The van der Waals surface area contributed by atoms with Crippen molar-refractivity contribution in [1.82, 2.24) is 0 Å². The van der Waals surface area contributed by atoms with Gasteiger partial charge in [0.15, 0.2) is 0 Å². The Labute approximate surface area is 116 Å². The molecule has 4 heteroatoms. The monoisotopic (exact) mass is 270 g/mol. The van der Waals surface area contributed by atoms with E-state index in [9.17, 15) is 9.59 Å². The second kappa shape index (κ2) is 21.4. The molecule has 0 aliphatic rings. The molecule has 0 aliphatic heterocycles. The van der Waals surface area contributed by atoms with Crippen LogP contribution in [0.15, 0.2) is 38.0 Å². The number of carbonyl (C=O) groups excluding carboxylic acids is 2. The number of hydrogen-bond donors (Lipinski definition) is 0. The van der Waals surface area contributed by atoms with Gasteiger partial charge in [0.1, 0.15) is 0 Å². The molecule has 0 fully saturated rings. The summed E-state index contributed by atoms with van der Waals surface area (Å²) < 4.78 is 9.11. The molecule has 0 amide bonds. The third-order valence-electron chi connectivity index (χ3n) is 1.36. The van der Waals surface area contributed by atoms with Gasteiger partial charge in [-0.05, 0) is 20.3 Å². The standard InChI is InChI=1S/C7H12O2.C5H8O2.C3H6/c1-3-5-6-9-7(8)4-2;1-3-5(6)7-4-2;1-3-2/h4H,2-3,5-6H2,1H3;3H,1,4H2,2H3;3H,1H2,2H3. The summed E-state index contributed by atoms with van der Waals surface area (Å²) in [6.45, 7) is 16.5. The Hall–Kier alpha value is -1.84. The van der Waals surface area contributed by atoms with Crippen LogP contribution in [0.5, 0.6) is 0 Å². The summed E-state index contributed by atoms with van der Waals surface area (Å²) in [6, 6.07) is 0. The Balaban J connectivity index is -0.000000228. The van der Waals surface area contributed by atoms with E-state index in [1.807, 2.05) is 13.8 Å². The molecule has 4 nitrogen and oxygen atoms in total. The fourth-order valence-electron chi connectivity index (χ4n) is 0.577. The van der Waals surface area contributed by atoms with Gasteiger partial charge in [0.05, 0.1) is 13.2 Å². The van der Waals surface area contributed by atoms with Crippen molar-refractivity contribution in [3.05, 3.63) is 38.0 Å². The highest BCUT2D eigenvalue weighted by molar-refractivity contribution is 5.81. The topological polar surface area (TPSA) is 52.6 Å². The predicted octanol–water partition coefficient (Wildman–Crippen LogP) is 3.44. The Morgan fingerprint density at radius 2 is 1.42 bits per heavy atom. The van der Waals surface area contributed by atoms with E-state index >= 15 is 0 Å². The molecule has 0 saturated heterocycles. The predicted molar refractivity (Wildman–Crippen MR) is 78.8 cm³/mol. The average Bonchev–Trinajstić information content (AvgIpc) is 2.40. The largest absolute Gasteiger partial charge is 0.463 e. The number of rotatable bonds is 6. The fraction of sp³-hybridized carbons (Fsp3) is 0.467. The minimum absolute atomic E-state index is 0.330. The van der Waals surface area contributed by atoms with Crippen molar-refractivity contribution >= 4 is 11.9 Å². The lowest BCUT2D eigenvalue weighted by Crippen LogP contribution is -2.00. The number of unbranched alkanes of at least 4 members (excludes halogenated alkanes) is 1. The first-order valence-electron chi connectivity index (χ1n) is 6.19. The van der Waals surface area contributed by atoms with Crippen molar-refractivity contribution in [3.8, 4) is 0 Å². The van der Waals surface area contributed by atoms with Crippen LogP contribution >= 0.6 is 0 Å². The van der Waals surface area contributed by atoms with Crippen molar-refractivity contribution in [3.63, 3.8) is 0 Å². The second-order valence-electron chi connectivity index (χ2n) is 3.09. The lowest BCUT2D eigenvalue weighted by molar-refractivity contribution is -0.138. The number of allylic oxidation sites excluding steroid dienone is 1. The van der Waals surface area contributed by atoms with E-state index in [2.05, 4.69) is 29.2 Å². The van der Waals surface area contributed by atoms with Crippen molar-refractivity contribution in [2.75, 3.05) is 13.2 Å². The summed E-state index contributed by atoms with van der Waals surface area (Å²) >= 11 is 0. The van der Waals surface area contributed by atoms with Crippen LogP contribution in [-0.4, -0.2) is 25.2 Å². The van der Waals surface area contributed by atoms with Crippen molar-refractivity contribution < 1.29 is 19.1 Å². The smallest absolute Gasteiger partial charge is 0.330 e.